The van der Waals surface area contributed by atoms with Crippen LogP contribution in [0.25, 0.3) is 0 Å². The molecule has 0 unspecified atom stereocenters. The standard InChI is InChI=1S/C22H30N2O5S/c1-5-24(30(26,27)8-4)19-12-10-18(11-13-19)22(25)23-16-17-9-14-20(28-6-2)21(15-17)29-7-3/h9-15H,5-8,16H2,1-4H3,(H,23,25). The molecule has 8 heteroatoms. The van der Waals surface area contributed by atoms with E-state index in [0.29, 0.717) is 49.1 Å². The first-order valence-electron chi connectivity index (χ1n) is 10.1. The van der Waals surface area contributed by atoms with Gasteiger partial charge in [-0.3, -0.25) is 9.10 Å². The summed E-state index contributed by atoms with van der Waals surface area (Å²) in [7, 11) is -3.35. The maximum atomic E-state index is 12.5. The topological polar surface area (TPSA) is 84.9 Å². The predicted octanol–water partition coefficient (Wildman–Crippen LogP) is 3.59. The highest BCUT2D eigenvalue weighted by Gasteiger charge is 2.19. The van der Waals surface area contributed by atoms with E-state index in [4.69, 9.17) is 9.47 Å². The van der Waals surface area contributed by atoms with Crippen LogP contribution in [0.1, 0.15) is 43.6 Å². The molecule has 2 aromatic carbocycles. The quantitative estimate of drug-likeness (QED) is 0.584. The summed E-state index contributed by atoms with van der Waals surface area (Å²) in [5.41, 5.74) is 1.89. The van der Waals surface area contributed by atoms with Crippen LogP contribution in [0, 0.1) is 0 Å². The molecule has 0 aliphatic heterocycles. The summed E-state index contributed by atoms with van der Waals surface area (Å²) in [4.78, 5) is 12.5. The first kappa shape index (κ1) is 23.5. The van der Waals surface area contributed by atoms with E-state index in [0.717, 1.165) is 5.56 Å². The zero-order valence-electron chi connectivity index (χ0n) is 18.0. The van der Waals surface area contributed by atoms with Crippen LogP contribution >= 0.6 is 0 Å². The largest absolute Gasteiger partial charge is 0.490 e. The third kappa shape index (κ3) is 5.89. The van der Waals surface area contributed by atoms with Crippen LogP contribution in [0.2, 0.25) is 0 Å². The molecular formula is C22H30N2O5S. The Balaban J connectivity index is 2.07. The van der Waals surface area contributed by atoms with Gasteiger partial charge in [0.15, 0.2) is 11.5 Å². The number of hydrogen-bond acceptors (Lipinski definition) is 5. The van der Waals surface area contributed by atoms with Crippen molar-refractivity contribution in [3.05, 3.63) is 53.6 Å². The fraction of sp³-hybridized carbons (Fsp3) is 0.409. The van der Waals surface area contributed by atoms with E-state index in [1.54, 1.807) is 38.1 Å². The molecule has 0 aliphatic rings. The fourth-order valence-corrected chi connectivity index (χ4v) is 4.11. The number of carbonyl (C=O) groups is 1. The summed E-state index contributed by atoms with van der Waals surface area (Å²) >= 11 is 0. The average Bonchev–Trinajstić information content (AvgIpc) is 2.74. The Hall–Kier alpha value is -2.74. The second-order valence-corrected chi connectivity index (χ2v) is 8.62. The van der Waals surface area contributed by atoms with Gasteiger partial charge in [-0.05, 0) is 69.7 Å². The lowest BCUT2D eigenvalue weighted by molar-refractivity contribution is 0.0951. The van der Waals surface area contributed by atoms with Gasteiger partial charge in [-0.25, -0.2) is 8.42 Å². The lowest BCUT2D eigenvalue weighted by Gasteiger charge is -2.22. The van der Waals surface area contributed by atoms with E-state index in [1.807, 2.05) is 32.0 Å². The molecule has 7 nitrogen and oxygen atoms in total. The Bertz CT molecular complexity index is 943. The van der Waals surface area contributed by atoms with E-state index in [-0.39, 0.29) is 11.7 Å². The fourth-order valence-electron chi connectivity index (χ4n) is 2.96. The number of nitrogens with zero attached hydrogens (tertiary/aromatic N) is 1. The van der Waals surface area contributed by atoms with Crippen LogP contribution in [0.15, 0.2) is 42.5 Å². The first-order chi connectivity index (χ1) is 14.4. The molecule has 0 spiro atoms. The van der Waals surface area contributed by atoms with Crippen molar-refractivity contribution in [2.24, 2.45) is 0 Å². The minimum absolute atomic E-state index is 0.0227. The van der Waals surface area contributed by atoms with Gasteiger partial charge in [0.25, 0.3) is 5.91 Å². The molecule has 0 fully saturated rings. The number of sulfonamides is 1. The van der Waals surface area contributed by atoms with Gasteiger partial charge in [-0.15, -0.1) is 0 Å². The van der Waals surface area contributed by atoms with Gasteiger partial charge in [0, 0.05) is 18.7 Å². The second-order valence-electron chi connectivity index (χ2n) is 6.44. The summed E-state index contributed by atoms with van der Waals surface area (Å²) in [5.74, 6) is 1.10. The first-order valence-corrected chi connectivity index (χ1v) is 11.7. The lowest BCUT2D eigenvalue weighted by Crippen LogP contribution is -2.32. The van der Waals surface area contributed by atoms with Crippen molar-refractivity contribution in [2.75, 3.05) is 29.8 Å². The maximum Gasteiger partial charge on any atom is 0.251 e. The molecule has 0 saturated carbocycles. The summed E-state index contributed by atoms with van der Waals surface area (Å²) in [6.07, 6.45) is 0. The Morgan fingerprint density at radius 3 is 2.13 bits per heavy atom. The summed E-state index contributed by atoms with van der Waals surface area (Å²) in [5, 5.41) is 2.87. The number of hydrogen-bond donors (Lipinski definition) is 1. The molecule has 30 heavy (non-hydrogen) atoms. The number of anilines is 1. The Labute approximate surface area is 179 Å². The molecule has 0 atom stereocenters. The van der Waals surface area contributed by atoms with Gasteiger partial charge in [-0.1, -0.05) is 6.07 Å². The molecule has 0 bridgehead atoms. The van der Waals surface area contributed by atoms with Gasteiger partial charge in [0.05, 0.1) is 24.7 Å². The van der Waals surface area contributed by atoms with E-state index in [2.05, 4.69) is 5.32 Å². The molecule has 0 aliphatic carbocycles. The van der Waals surface area contributed by atoms with Crippen LogP contribution in [0.5, 0.6) is 11.5 Å². The summed E-state index contributed by atoms with van der Waals surface area (Å²) < 4.78 is 36.9. The molecular weight excluding hydrogens is 404 g/mol. The Morgan fingerprint density at radius 2 is 1.57 bits per heavy atom. The van der Waals surface area contributed by atoms with Crippen molar-refractivity contribution < 1.29 is 22.7 Å². The van der Waals surface area contributed by atoms with Crippen molar-refractivity contribution in [3.8, 4) is 11.5 Å². The molecule has 0 aromatic heterocycles. The van der Waals surface area contributed by atoms with Gasteiger partial charge in [0.1, 0.15) is 0 Å². The van der Waals surface area contributed by atoms with Gasteiger partial charge < -0.3 is 14.8 Å². The monoisotopic (exact) mass is 434 g/mol. The molecule has 2 rings (SSSR count). The zero-order valence-corrected chi connectivity index (χ0v) is 18.8. The van der Waals surface area contributed by atoms with Gasteiger partial charge in [0.2, 0.25) is 10.0 Å². The highest BCUT2D eigenvalue weighted by atomic mass is 32.2. The SMILES string of the molecule is CCOc1ccc(CNC(=O)c2ccc(N(CC)S(=O)(=O)CC)cc2)cc1OCC. The van der Waals surface area contributed by atoms with E-state index >= 15 is 0 Å². The highest BCUT2D eigenvalue weighted by molar-refractivity contribution is 7.92. The van der Waals surface area contributed by atoms with E-state index in [9.17, 15) is 13.2 Å². The minimum atomic E-state index is -3.35. The van der Waals surface area contributed by atoms with Crippen molar-refractivity contribution >= 4 is 21.6 Å². The van der Waals surface area contributed by atoms with Crippen molar-refractivity contribution in [2.45, 2.75) is 34.2 Å². The molecule has 164 valence electrons. The van der Waals surface area contributed by atoms with Crippen molar-refractivity contribution in [1.82, 2.24) is 5.32 Å². The summed E-state index contributed by atoms with van der Waals surface area (Å²) in [6, 6.07) is 12.1. The van der Waals surface area contributed by atoms with Crippen molar-refractivity contribution in [1.29, 1.82) is 0 Å². The normalized spacial score (nSPS) is 11.1. The maximum absolute atomic E-state index is 12.5. The highest BCUT2D eigenvalue weighted by Crippen LogP contribution is 2.28. The van der Waals surface area contributed by atoms with Crippen LogP contribution < -0.4 is 19.1 Å². The predicted molar refractivity (Wildman–Crippen MR) is 119 cm³/mol. The number of amides is 1. The van der Waals surface area contributed by atoms with Crippen LogP contribution in [0.3, 0.4) is 0 Å². The second kappa shape index (κ2) is 10.9. The van der Waals surface area contributed by atoms with Crippen LogP contribution in [-0.2, 0) is 16.6 Å². The van der Waals surface area contributed by atoms with E-state index < -0.39 is 10.0 Å². The molecule has 0 heterocycles. The van der Waals surface area contributed by atoms with Gasteiger partial charge in [-0.2, -0.15) is 0 Å². The number of carbonyl (C=O) groups excluding carboxylic acids is 1. The van der Waals surface area contributed by atoms with Crippen LogP contribution in [0.4, 0.5) is 5.69 Å². The zero-order chi connectivity index (χ0) is 22.1. The summed E-state index contributed by atoms with van der Waals surface area (Å²) in [6.45, 7) is 8.93. The Kier molecular flexibility index (Phi) is 8.53. The number of benzene rings is 2. The molecule has 1 amide bonds. The smallest absolute Gasteiger partial charge is 0.251 e. The molecule has 1 N–H and O–H groups in total. The third-order valence-corrected chi connectivity index (χ3v) is 6.34. The number of rotatable bonds is 11. The molecule has 2 aromatic rings. The minimum Gasteiger partial charge on any atom is -0.490 e. The third-order valence-electron chi connectivity index (χ3n) is 4.47. The lowest BCUT2D eigenvalue weighted by atomic mass is 10.1. The van der Waals surface area contributed by atoms with Crippen molar-refractivity contribution in [3.63, 3.8) is 0 Å². The van der Waals surface area contributed by atoms with Crippen LogP contribution in [-0.4, -0.2) is 39.8 Å². The van der Waals surface area contributed by atoms with E-state index in [1.165, 1.54) is 4.31 Å². The average molecular weight is 435 g/mol. The Morgan fingerprint density at radius 1 is 0.933 bits per heavy atom. The number of ether oxygens (including phenoxy) is 2. The number of nitrogens with one attached hydrogen (secondary N) is 1. The van der Waals surface area contributed by atoms with Gasteiger partial charge >= 0.3 is 0 Å². The molecule has 0 saturated heterocycles. The molecule has 0 radical (unpaired) electrons.